The van der Waals surface area contributed by atoms with Gasteiger partial charge in [0.05, 0.1) is 12.6 Å². The van der Waals surface area contributed by atoms with Crippen molar-refractivity contribution in [2.24, 2.45) is 0 Å². The van der Waals surface area contributed by atoms with Crippen molar-refractivity contribution in [1.29, 1.82) is 0 Å². The Morgan fingerprint density at radius 2 is 1.86 bits per heavy atom. The van der Waals surface area contributed by atoms with Crippen LogP contribution < -0.4 is 0 Å². The summed E-state index contributed by atoms with van der Waals surface area (Å²) >= 11 is 6.11. The van der Waals surface area contributed by atoms with E-state index in [1.54, 1.807) is 9.80 Å². The standard InChI is InChI=1S/C23H22ClN3O2/c1-2-11-26-13-20(28)27-19(23(26)29)12-17-16-5-3-4-6-18(16)25-21(17)22(27)14-7-9-15(24)10-8-14/h3-10,19,22,25H,2,11-13H2,1H3/t19-,22+/m0/s1. The number of fused-ring (bicyclic) bond motifs is 4. The topological polar surface area (TPSA) is 56.4 Å². The van der Waals surface area contributed by atoms with Crippen LogP contribution in [0.1, 0.15) is 36.2 Å². The Bertz CT molecular complexity index is 1110. The number of piperazine rings is 1. The molecule has 1 N–H and O–H groups in total. The zero-order valence-electron chi connectivity index (χ0n) is 16.2. The summed E-state index contributed by atoms with van der Waals surface area (Å²) in [5, 5.41) is 1.77. The lowest BCUT2D eigenvalue weighted by Crippen LogP contribution is -2.63. The quantitative estimate of drug-likeness (QED) is 0.715. The highest BCUT2D eigenvalue weighted by Crippen LogP contribution is 2.42. The second-order valence-electron chi connectivity index (χ2n) is 7.80. The first-order valence-electron chi connectivity index (χ1n) is 10.0. The van der Waals surface area contributed by atoms with Crippen molar-refractivity contribution in [2.75, 3.05) is 13.1 Å². The normalized spacial score (nSPS) is 21.4. The van der Waals surface area contributed by atoms with Gasteiger partial charge >= 0.3 is 0 Å². The van der Waals surface area contributed by atoms with Crippen molar-refractivity contribution in [1.82, 2.24) is 14.8 Å². The first-order valence-corrected chi connectivity index (χ1v) is 10.4. The van der Waals surface area contributed by atoms with Gasteiger partial charge in [0.15, 0.2) is 0 Å². The van der Waals surface area contributed by atoms with Crippen LogP contribution in [0, 0.1) is 0 Å². The fourth-order valence-corrected chi connectivity index (χ4v) is 4.90. The van der Waals surface area contributed by atoms with E-state index < -0.39 is 6.04 Å². The summed E-state index contributed by atoms with van der Waals surface area (Å²) in [7, 11) is 0. The molecule has 2 aromatic carbocycles. The molecule has 2 atom stereocenters. The maximum atomic E-state index is 13.3. The van der Waals surface area contributed by atoms with Gasteiger partial charge in [-0.2, -0.15) is 0 Å². The number of benzene rings is 2. The maximum absolute atomic E-state index is 13.3. The third-order valence-electron chi connectivity index (χ3n) is 6.02. The molecule has 6 heteroatoms. The average Bonchev–Trinajstić information content (AvgIpc) is 3.10. The molecule has 0 spiro atoms. The minimum atomic E-state index is -0.477. The summed E-state index contributed by atoms with van der Waals surface area (Å²) in [6.45, 7) is 2.78. The second-order valence-corrected chi connectivity index (χ2v) is 8.23. The van der Waals surface area contributed by atoms with Gasteiger partial charge in [0.25, 0.3) is 0 Å². The van der Waals surface area contributed by atoms with Crippen LogP contribution in [0.2, 0.25) is 5.02 Å². The molecule has 0 bridgehead atoms. The van der Waals surface area contributed by atoms with Crippen molar-refractivity contribution in [2.45, 2.75) is 31.8 Å². The van der Waals surface area contributed by atoms with Gasteiger partial charge in [0, 0.05) is 34.6 Å². The number of H-pyrrole nitrogens is 1. The van der Waals surface area contributed by atoms with Gasteiger partial charge in [0.1, 0.15) is 6.04 Å². The lowest BCUT2D eigenvalue weighted by atomic mass is 9.86. The van der Waals surface area contributed by atoms with Crippen LogP contribution in [0.3, 0.4) is 0 Å². The highest BCUT2D eigenvalue weighted by molar-refractivity contribution is 6.30. The smallest absolute Gasteiger partial charge is 0.246 e. The highest BCUT2D eigenvalue weighted by atomic mass is 35.5. The molecule has 148 valence electrons. The number of hydrogen-bond donors (Lipinski definition) is 1. The Balaban J connectivity index is 1.70. The zero-order chi connectivity index (χ0) is 20.1. The van der Waals surface area contributed by atoms with Gasteiger partial charge in [-0.1, -0.05) is 48.9 Å². The van der Waals surface area contributed by atoms with Gasteiger partial charge in [-0.25, -0.2) is 0 Å². The first-order chi connectivity index (χ1) is 14.1. The van der Waals surface area contributed by atoms with E-state index in [2.05, 4.69) is 11.1 Å². The highest BCUT2D eigenvalue weighted by Gasteiger charge is 2.47. The third-order valence-corrected chi connectivity index (χ3v) is 6.27. The molecular formula is C23H22ClN3O2. The van der Waals surface area contributed by atoms with Crippen molar-refractivity contribution in [3.8, 4) is 0 Å². The van der Waals surface area contributed by atoms with Crippen LogP contribution in [0.4, 0.5) is 0 Å². The number of carbonyl (C=O) groups is 2. The molecule has 1 fully saturated rings. The number of para-hydroxylation sites is 1. The van der Waals surface area contributed by atoms with E-state index in [-0.39, 0.29) is 24.4 Å². The van der Waals surface area contributed by atoms with Crippen LogP contribution in [0.25, 0.3) is 10.9 Å². The van der Waals surface area contributed by atoms with Gasteiger partial charge in [0.2, 0.25) is 11.8 Å². The van der Waals surface area contributed by atoms with E-state index in [0.29, 0.717) is 18.0 Å². The molecule has 5 nitrogen and oxygen atoms in total. The van der Waals surface area contributed by atoms with Crippen LogP contribution in [-0.4, -0.2) is 45.7 Å². The van der Waals surface area contributed by atoms with Gasteiger partial charge in [-0.15, -0.1) is 0 Å². The Morgan fingerprint density at radius 3 is 2.62 bits per heavy atom. The number of aromatic amines is 1. The van der Waals surface area contributed by atoms with E-state index in [1.807, 2.05) is 49.4 Å². The fourth-order valence-electron chi connectivity index (χ4n) is 4.77. The summed E-state index contributed by atoms with van der Waals surface area (Å²) in [5.74, 6) is 0.0358. The van der Waals surface area contributed by atoms with Crippen LogP contribution in [0.5, 0.6) is 0 Å². The molecule has 29 heavy (non-hydrogen) atoms. The number of nitrogens with one attached hydrogen (secondary N) is 1. The Hall–Kier alpha value is -2.79. The van der Waals surface area contributed by atoms with E-state index in [1.165, 1.54) is 0 Å². The molecule has 2 amide bonds. The number of aromatic nitrogens is 1. The van der Waals surface area contributed by atoms with Crippen LogP contribution >= 0.6 is 11.6 Å². The molecule has 2 aliphatic heterocycles. The molecule has 0 aliphatic carbocycles. The van der Waals surface area contributed by atoms with Crippen LogP contribution in [-0.2, 0) is 16.0 Å². The number of hydrogen-bond acceptors (Lipinski definition) is 2. The van der Waals surface area contributed by atoms with Gasteiger partial charge < -0.3 is 14.8 Å². The largest absolute Gasteiger partial charge is 0.356 e. The monoisotopic (exact) mass is 407 g/mol. The zero-order valence-corrected chi connectivity index (χ0v) is 16.9. The lowest BCUT2D eigenvalue weighted by molar-refractivity contribution is -0.158. The summed E-state index contributed by atoms with van der Waals surface area (Å²) in [6.07, 6.45) is 1.37. The summed E-state index contributed by atoms with van der Waals surface area (Å²) in [6, 6.07) is 14.9. The third kappa shape index (κ3) is 2.84. The van der Waals surface area contributed by atoms with Crippen molar-refractivity contribution in [3.05, 3.63) is 70.4 Å². The lowest BCUT2D eigenvalue weighted by Gasteiger charge is -2.47. The van der Waals surface area contributed by atoms with E-state index in [4.69, 9.17) is 11.6 Å². The molecular weight excluding hydrogens is 386 g/mol. The Labute approximate surface area is 174 Å². The summed E-state index contributed by atoms with van der Waals surface area (Å²) < 4.78 is 0. The fraction of sp³-hybridized carbons (Fsp3) is 0.304. The van der Waals surface area contributed by atoms with E-state index in [9.17, 15) is 9.59 Å². The second kappa shape index (κ2) is 6.92. The Kier molecular flexibility index (Phi) is 4.36. The molecule has 0 radical (unpaired) electrons. The van der Waals surface area contributed by atoms with E-state index in [0.717, 1.165) is 34.1 Å². The number of amides is 2. The van der Waals surface area contributed by atoms with Gasteiger partial charge in [-0.05, 0) is 35.7 Å². The maximum Gasteiger partial charge on any atom is 0.246 e. The minimum Gasteiger partial charge on any atom is -0.356 e. The van der Waals surface area contributed by atoms with Crippen molar-refractivity contribution < 1.29 is 9.59 Å². The number of halogens is 1. The number of carbonyl (C=O) groups excluding carboxylic acids is 2. The minimum absolute atomic E-state index is 0.00712. The molecule has 3 heterocycles. The predicted molar refractivity (Wildman–Crippen MR) is 113 cm³/mol. The summed E-state index contributed by atoms with van der Waals surface area (Å²) in [4.78, 5) is 33.6. The number of nitrogens with zero attached hydrogens (tertiary/aromatic N) is 2. The molecule has 1 saturated heterocycles. The first kappa shape index (κ1) is 18.3. The summed E-state index contributed by atoms with van der Waals surface area (Å²) in [5.41, 5.74) is 4.11. The SMILES string of the molecule is CCCN1CC(=O)N2[C@H](c3ccc(Cl)cc3)c3[nH]c4ccccc4c3C[C@H]2C1=O. The molecule has 0 unspecified atom stereocenters. The van der Waals surface area contributed by atoms with E-state index >= 15 is 0 Å². The molecule has 3 aromatic rings. The van der Waals surface area contributed by atoms with Gasteiger partial charge in [-0.3, -0.25) is 9.59 Å². The predicted octanol–water partition coefficient (Wildman–Crippen LogP) is 3.92. The van der Waals surface area contributed by atoms with Crippen molar-refractivity contribution in [3.63, 3.8) is 0 Å². The molecule has 1 aromatic heterocycles. The molecule has 0 saturated carbocycles. The number of rotatable bonds is 3. The van der Waals surface area contributed by atoms with Crippen molar-refractivity contribution >= 4 is 34.3 Å². The Morgan fingerprint density at radius 1 is 1.10 bits per heavy atom. The average molecular weight is 408 g/mol. The van der Waals surface area contributed by atoms with Crippen LogP contribution in [0.15, 0.2) is 48.5 Å². The molecule has 2 aliphatic rings. The molecule has 5 rings (SSSR count).